The molecule has 2 heterocycles. The van der Waals surface area contributed by atoms with Crippen LogP contribution in [0.3, 0.4) is 0 Å². The number of carboxylic acids is 1. The number of rotatable bonds is 3. The van der Waals surface area contributed by atoms with Gasteiger partial charge in [-0.25, -0.2) is 4.79 Å². The van der Waals surface area contributed by atoms with Crippen LogP contribution >= 0.6 is 0 Å². The summed E-state index contributed by atoms with van der Waals surface area (Å²) >= 11 is 0. The molecule has 1 N–H and O–H groups in total. The average molecular weight is 338 g/mol. The van der Waals surface area contributed by atoms with E-state index >= 15 is 0 Å². The molecule has 1 saturated heterocycles. The van der Waals surface area contributed by atoms with Gasteiger partial charge in [-0.15, -0.1) is 0 Å². The fourth-order valence-electron chi connectivity index (χ4n) is 3.29. The second kappa shape index (κ2) is 6.12. The highest BCUT2D eigenvalue weighted by atomic mass is 16.5. The Morgan fingerprint density at radius 1 is 0.960 bits per heavy atom. The third kappa shape index (κ3) is 2.80. The van der Waals surface area contributed by atoms with Crippen molar-refractivity contribution in [3.63, 3.8) is 0 Å². The first kappa shape index (κ1) is 15.5. The Bertz CT molecular complexity index is 826. The molecule has 4 rings (SSSR count). The Balaban J connectivity index is 1.58. The predicted octanol–water partition coefficient (Wildman–Crippen LogP) is 3.11. The van der Waals surface area contributed by atoms with Crippen molar-refractivity contribution >= 4 is 23.3 Å². The number of likely N-dealkylation sites (tertiary alicyclic amines) is 1. The Morgan fingerprint density at radius 2 is 1.64 bits per heavy atom. The molecule has 0 aliphatic carbocycles. The van der Waals surface area contributed by atoms with Crippen LogP contribution in [0.2, 0.25) is 0 Å². The summed E-state index contributed by atoms with van der Waals surface area (Å²) in [6.45, 7) is 1.97. The van der Waals surface area contributed by atoms with Gasteiger partial charge in [0.15, 0.2) is 6.73 Å². The highest BCUT2D eigenvalue weighted by molar-refractivity contribution is 5.96. The number of ether oxygens (including phenoxy) is 1. The van der Waals surface area contributed by atoms with E-state index in [0.29, 0.717) is 18.0 Å². The van der Waals surface area contributed by atoms with Gasteiger partial charge in [-0.3, -0.25) is 4.79 Å². The van der Waals surface area contributed by atoms with Crippen molar-refractivity contribution in [2.45, 2.75) is 12.8 Å². The summed E-state index contributed by atoms with van der Waals surface area (Å²) < 4.78 is 5.74. The van der Waals surface area contributed by atoms with Crippen molar-refractivity contribution in [1.82, 2.24) is 4.90 Å². The third-order valence-corrected chi connectivity index (χ3v) is 4.67. The van der Waals surface area contributed by atoms with Crippen LogP contribution in [0.15, 0.2) is 42.5 Å². The SMILES string of the molecule is O=C(O)c1ccc(N2COc3cc(C(=O)N4CCCC4)ccc32)cc1. The lowest BCUT2D eigenvalue weighted by Gasteiger charge is -2.18. The first-order valence-corrected chi connectivity index (χ1v) is 8.30. The maximum atomic E-state index is 12.5. The Kier molecular flexibility index (Phi) is 3.80. The first-order chi connectivity index (χ1) is 12.1. The van der Waals surface area contributed by atoms with Gasteiger partial charge in [0.05, 0.1) is 11.3 Å². The van der Waals surface area contributed by atoms with Gasteiger partial charge >= 0.3 is 5.97 Å². The molecule has 0 atom stereocenters. The van der Waals surface area contributed by atoms with Crippen molar-refractivity contribution in [3.05, 3.63) is 53.6 Å². The Morgan fingerprint density at radius 3 is 2.32 bits per heavy atom. The molecule has 2 aromatic rings. The van der Waals surface area contributed by atoms with E-state index in [2.05, 4.69) is 0 Å². The van der Waals surface area contributed by atoms with Crippen LogP contribution < -0.4 is 9.64 Å². The fourth-order valence-corrected chi connectivity index (χ4v) is 3.29. The summed E-state index contributed by atoms with van der Waals surface area (Å²) in [5, 5.41) is 9.00. The lowest BCUT2D eigenvalue weighted by atomic mass is 10.1. The molecule has 2 aromatic carbocycles. The van der Waals surface area contributed by atoms with Crippen molar-refractivity contribution in [2.75, 3.05) is 24.7 Å². The highest BCUT2D eigenvalue weighted by Gasteiger charge is 2.25. The molecule has 0 bridgehead atoms. The van der Waals surface area contributed by atoms with Crippen LogP contribution in [0.5, 0.6) is 5.75 Å². The summed E-state index contributed by atoms with van der Waals surface area (Å²) in [5.41, 5.74) is 2.61. The van der Waals surface area contributed by atoms with Gasteiger partial charge in [-0.1, -0.05) is 0 Å². The maximum Gasteiger partial charge on any atom is 0.335 e. The van der Waals surface area contributed by atoms with Gasteiger partial charge in [-0.05, 0) is 55.3 Å². The van der Waals surface area contributed by atoms with Gasteiger partial charge in [-0.2, -0.15) is 0 Å². The van der Waals surface area contributed by atoms with Crippen LogP contribution in [0.25, 0.3) is 0 Å². The number of hydrogen-bond donors (Lipinski definition) is 1. The second-order valence-corrected chi connectivity index (χ2v) is 6.24. The van der Waals surface area contributed by atoms with Gasteiger partial charge in [0.2, 0.25) is 0 Å². The number of anilines is 2. The molecular weight excluding hydrogens is 320 g/mol. The summed E-state index contributed by atoms with van der Waals surface area (Å²) in [5.74, 6) is -0.227. The highest BCUT2D eigenvalue weighted by Crippen LogP contribution is 2.39. The molecule has 2 aliphatic rings. The number of hydrogen-bond acceptors (Lipinski definition) is 4. The Hall–Kier alpha value is -3.02. The van der Waals surface area contributed by atoms with E-state index < -0.39 is 5.97 Å². The standard InChI is InChI=1S/C19H18N2O4/c22-18(20-9-1-2-10-20)14-5-8-16-17(11-14)25-12-21(16)15-6-3-13(4-7-15)19(23)24/h3-8,11H,1-2,9-10,12H2,(H,23,24). The maximum absolute atomic E-state index is 12.5. The minimum atomic E-state index is -0.949. The van der Waals surface area contributed by atoms with Crippen molar-refractivity contribution < 1.29 is 19.4 Å². The van der Waals surface area contributed by atoms with Crippen LogP contribution in [0.1, 0.15) is 33.6 Å². The summed E-state index contributed by atoms with van der Waals surface area (Å²) in [6, 6.07) is 12.2. The van der Waals surface area contributed by atoms with E-state index in [1.165, 1.54) is 0 Å². The molecule has 128 valence electrons. The number of amides is 1. The molecule has 0 radical (unpaired) electrons. The monoisotopic (exact) mass is 338 g/mol. The van der Waals surface area contributed by atoms with E-state index in [0.717, 1.165) is 37.3 Å². The lowest BCUT2D eigenvalue weighted by Crippen LogP contribution is -2.27. The van der Waals surface area contributed by atoms with E-state index in [1.807, 2.05) is 21.9 Å². The minimum Gasteiger partial charge on any atom is -0.478 e. The molecule has 1 amide bonds. The van der Waals surface area contributed by atoms with Crippen LogP contribution in [0.4, 0.5) is 11.4 Å². The third-order valence-electron chi connectivity index (χ3n) is 4.67. The number of aromatic carboxylic acids is 1. The van der Waals surface area contributed by atoms with Crippen molar-refractivity contribution in [2.24, 2.45) is 0 Å². The smallest absolute Gasteiger partial charge is 0.335 e. The minimum absolute atomic E-state index is 0.0492. The number of carbonyl (C=O) groups excluding carboxylic acids is 1. The van der Waals surface area contributed by atoms with Gasteiger partial charge in [0, 0.05) is 24.3 Å². The van der Waals surface area contributed by atoms with Crippen LogP contribution in [0, 0.1) is 0 Å². The number of carbonyl (C=O) groups is 2. The number of carboxylic acid groups (broad SMARTS) is 1. The summed E-state index contributed by atoms with van der Waals surface area (Å²) in [4.78, 5) is 27.3. The van der Waals surface area contributed by atoms with Gasteiger partial charge in [0.25, 0.3) is 5.91 Å². The molecular formula is C19H18N2O4. The van der Waals surface area contributed by atoms with Crippen LogP contribution in [-0.2, 0) is 0 Å². The van der Waals surface area contributed by atoms with E-state index in [1.54, 1.807) is 30.3 Å². The van der Waals surface area contributed by atoms with Crippen LogP contribution in [-0.4, -0.2) is 41.7 Å². The molecule has 6 heteroatoms. The average Bonchev–Trinajstić information content (AvgIpc) is 3.30. The van der Waals surface area contributed by atoms with E-state index in [9.17, 15) is 9.59 Å². The molecule has 1 fully saturated rings. The van der Waals surface area contributed by atoms with Gasteiger partial charge in [0.1, 0.15) is 5.75 Å². The molecule has 25 heavy (non-hydrogen) atoms. The molecule has 0 aromatic heterocycles. The quantitative estimate of drug-likeness (QED) is 0.931. The van der Waals surface area contributed by atoms with E-state index in [-0.39, 0.29) is 11.5 Å². The van der Waals surface area contributed by atoms with Crippen molar-refractivity contribution in [3.8, 4) is 5.75 Å². The fraction of sp³-hybridized carbons (Fsp3) is 0.263. The Labute approximate surface area is 145 Å². The zero-order chi connectivity index (χ0) is 17.4. The topological polar surface area (TPSA) is 70.1 Å². The largest absolute Gasteiger partial charge is 0.478 e. The zero-order valence-corrected chi connectivity index (χ0v) is 13.6. The number of benzene rings is 2. The molecule has 0 saturated carbocycles. The second-order valence-electron chi connectivity index (χ2n) is 6.24. The lowest BCUT2D eigenvalue weighted by molar-refractivity contribution is 0.0696. The van der Waals surface area contributed by atoms with Crippen molar-refractivity contribution in [1.29, 1.82) is 0 Å². The summed E-state index contributed by atoms with van der Waals surface area (Å²) in [7, 11) is 0. The first-order valence-electron chi connectivity index (χ1n) is 8.30. The predicted molar refractivity (Wildman–Crippen MR) is 92.6 cm³/mol. The number of nitrogens with zero attached hydrogens (tertiary/aromatic N) is 2. The number of fused-ring (bicyclic) bond motifs is 1. The molecule has 0 spiro atoms. The zero-order valence-electron chi connectivity index (χ0n) is 13.6. The molecule has 0 unspecified atom stereocenters. The normalized spacial score (nSPS) is 15.8. The molecule has 2 aliphatic heterocycles. The summed E-state index contributed by atoms with van der Waals surface area (Å²) in [6.07, 6.45) is 2.13. The van der Waals surface area contributed by atoms with Gasteiger partial charge < -0.3 is 19.6 Å². The molecule has 6 nitrogen and oxygen atoms in total. The van der Waals surface area contributed by atoms with E-state index in [4.69, 9.17) is 9.84 Å².